The van der Waals surface area contributed by atoms with Crippen molar-refractivity contribution < 1.29 is 18.3 Å². The number of halogens is 2. The Hall–Kier alpha value is -2.30. The molecule has 22 heavy (non-hydrogen) atoms. The Balaban J connectivity index is 2.47. The van der Waals surface area contributed by atoms with Crippen molar-refractivity contribution in [2.75, 3.05) is 6.61 Å². The standard InChI is InChI=1S/C17H17F2NO2/c1-3-22-16(21)17(2,11-12-6-8-20-9-7-12)14-5-4-13(18)10-15(14)19/h4-10H,3,11H2,1-2H3. The van der Waals surface area contributed by atoms with Gasteiger partial charge in [0.25, 0.3) is 0 Å². The number of hydrogen-bond acceptors (Lipinski definition) is 3. The number of pyridine rings is 1. The first kappa shape index (κ1) is 16.1. The molecule has 3 nitrogen and oxygen atoms in total. The normalized spacial score (nSPS) is 13.5. The third-order valence-electron chi connectivity index (χ3n) is 3.56. The molecule has 0 radical (unpaired) electrons. The maximum absolute atomic E-state index is 14.2. The second-order valence-corrected chi connectivity index (χ2v) is 5.21. The minimum absolute atomic E-state index is 0.115. The molecule has 0 N–H and O–H groups in total. The van der Waals surface area contributed by atoms with E-state index in [1.54, 1.807) is 38.4 Å². The lowest BCUT2D eigenvalue weighted by Crippen LogP contribution is -2.37. The largest absolute Gasteiger partial charge is 0.465 e. The van der Waals surface area contributed by atoms with E-state index in [0.717, 1.165) is 17.7 Å². The molecule has 0 aliphatic rings. The molecule has 1 aromatic carbocycles. The van der Waals surface area contributed by atoms with Crippen LogP contribution < -0.4 is 0 Å². The molecular weight excluding hydrogens is 288 g/mol. The highest BCUT2D eigenvalue weighted by atomic mass is 19.1. The highest BCUT2D eigenvalue weighted by Crippen LogP contribution is 2.32. The topological polar surface area (TPSA) is 39.2 Å². The number of nitrogens with zero attached hydrogens (tertiary/aromatic N) is 1. The van der Waals surface area contributed by atoms with Gasteiger partial charge in [0.15, 0.2) is 0 Å². The van der Waals surface area contributed by atoms with E-state index in [1.807, 2.05) is 0 Å². The number of esters is 1. The summed E-state index contributed by atoms with van der Waals surface area (Å²) in [5.74, 6) is -1.99. The average Bonchev–Trinajstić information content (AvgIpc) is 2.48. The summed E-state index contributed by atoms with van der Waals surface area (Å²) in [6.45, 7) is 3.47. The van der Waals surface area contributed by atoms with Crippen LogP contribution in [0.2, 0.25) is 0 Å². The van der Waals surface area contributed by atoms with Gasteiger partial charge < -0.3 is 4.74 Å². The lowest BCUT2D eigenvalue weighted by atomic mass is 9.77. The SMILES string of the molecule is CCOC(=O)C(C)(Cc1ccncc1)c1ccc(F)cc1F. The second kappa shape index (κ2) is 6.64. The third-order valence-corrected chi connectivity index (χ3v) is 3.56. The van der Waals surface area contributed by atoms with Gasteiger partial charge in [-0.3, -0.25) is 9.78 Å². The lowest BCUT2D eigenvalue weighted by molar-refractivity contribution is -0.149. The van der Waals surface area contributed by atoms with Gasteiger partial charge >= 0.3 is 5.97 Å². The van der Waals surface area contributed by atoms with Crippen LogP contribution in [0.3, 0.4) is 0 Å². The molecule has 0 fully saturated rings. The maximum atomic E-state index is 14.2. The van der Waals surface area contributed by atoms with Gasteiger partial charge in [0.05, 0.1) is 12.0 Å². The molecule has 2 aromatic rings. The Bertz CT molecular complexity index is 661. The van der Waals surface area contributed by atoms with Gasteiger partial charge in [-0.2, -0.15) is 0 Å². The van der Waals surface area contributed by atoms with E-state index in [4.69, 9.17) is 4.74 Å². The molecule has 0 aliphatic carbocycles. The molecular formula is C17H17F2NO2. The smallest absolute Gasteiger partial charge is 0.316 e. The molecule has 0 saturated carbocycles. The minimum Gasteiger partial charge on any atom is -0.465 e. The molecule has 1 heterocycles. The average molecular weight is 305 g/mol. The van der Waals surface area contributed by atoms with Crippen LogP contribution in [0.15, 0.2) is 42.7 Å². The van der Waals surface area contributed by atoms with E-state index in [1.165, 1.54) is 6.07 Å². The highest BCUT2D eigenvalue weighted by molar-refractivity contribution is 5.83. The molecule has 1 unspecified atom stereocenters. The zero-order valence-corrected chi connectivity index (χ0v) is 12.5. The molecule has 1 atom stereocenters. The fourth-order valence-electron chi connectivity index (χ4n) is 2.41. The predicted molar refractivity (Wildman–Crippen MR) is 78.3 cm³/mol. The van der Waals surface area contributed by atoms with Crippen LogP contribution in [0.1, 0.15) is 25.0 Å². The van der Waals surface area contributed by atoms with Crippen molar-refractivity contribution >= 4 is 5.97 Å². The van der Waals surface area contributed by atoms with Gasteiger partial charge in [0.1, 0.15) is 11.6 Å². The van der Waals surface area contributed by atoms with Crippen molar-refractivity contribution in [3.8, 4) is 0 Å². The quantitative estimate of drug-likeness (QED) is 0.795. The van der Waals surface area contributed by atoms with Gasteiger partial charge in [-0.15, -0.1) is 0 Å². The van der Waals surface area contributed by atoms with E-state index in [2.05, 4.69) is 4.98 Å². The van der Waals surface area contributed by atoms with Crippen LogP contribution in [0.25, 0.3) is 0 Å². The molecule has 5 heteroatoms. The molecule has 0 spiro atoms. The fourth-order valence-corrected chi connectivity index (χ4v) is 2.41. The summed E-state index contributed by atoms with van der Waals surface area (Å²) in [7, 11) is 0. The van der Waals surface area contributed by atoms with Crippen LogP contribution in [-0.2, 0) is 21.4 Å². The van der Waals surface area contributed by atoms with Crippen molar-refractivity contribution in [3.05, 3.63) is 65.5 Å². The van der Waals surface area contributed by atoms with Crippen LogP contribution >= 0.6 is 0 Å². The fraction of sp³-hybridized carbons (Fsp3) is 0.294. The molecule has 0 amide bonds. The van der Waals surface area contributed by atoms with Crippen molar-refractivity contribution in [1.29, 1.82) is 0 Å². The molecule has 116 valence electrons. The highest BCUT2D eigenvalue weighted by Gasteiger charge is 2.39. The number of carbonyl (C=O) groups is 1. The summed E-state index contributed by atoms with van der Waals surface area (Å²) in [5, 5.41) is 0. The van der Waals surface area contributed by atoms with Crippen LogP contribution in [0, 0.1) is 11.6 Å². The molecule has 0 saturated heterocycles. The van der Waals surface area contributed by atoms with E-state index in [-0.39, 0.29) is 18.6 Å². The summed E-state index contributed by atoms with van der Waals surface area (Å²) in [4.78, 5) is 16.3. The number of ether oxygens (including phenoxy) is 1. The summed E-state index contributed by atoms with van der Waals surface area (Å²) in [6, 6.07) is 6.71. The summed E-state index contributed by atoms with van der Waals surface area (Å²) >= 11 is 0. The van der Waals surface area contributed by atoms with Crippen LogP contribution in [0.5, 0.6) is 0 Å². The minimum atomic E-state index is -1.24. The Kier molecular flexibility index (Phi) is 4.85. The number of benzene rings is 1. The number of carbonyl (C=O) groups excluding carboxylic acids is 1. The zero-order valence-electron chi connectivity index (χ0n) is 12.5. The van der Waals surface area contributed by atoms with Crippen LogP contribution in [-0.4, -0.2) is 17.6 Å². The predicted octanol–water partition coefficient (Wildman–Crippen LogP) is 3.42. The van der Waals surface area contributed by atoms with Crippen molar-refractivity contribution in [2.45, 2.75) is 25.7 Å². The van der Waals surface area contributed by atoms with Crippen molar-refractivity contribution in [2.24, 2.45) is 0 Å². The first-order valence-corrected chi connectivity index (χ1v) is 6.99. The summed E-state index contributed by atoms with van der Waals surface area (Å²) in [5.41, 5.74) is -0.312. The van der Waals surface area contributed by atoms with E-state index in [0.29, 0.717) is 0 Å². The number of hydrogen-bond donors (Lipinski definition) is 0. The zero-order chi connectivity index (χ0) is 16.2. The van der Waals surface area contributed by atoms with Crippen LogP contribution in [0.4, 0.5) is 8.78 Å². The van der Waals surface area contributed by atoms with E-state index in [9.17, 15) is 13.6 Å². The molecule has 0 aliphatic heterocycles. The Labute approximate surface area is 128 Å². The molecule has 1 aromatic heterocycles. The third kappa shape index (κ3) is 3.30. The Morgan fingerprint density at radius 2 is 1.91 bits per heavy atom. The van der Waals surface area contributed by atoms with Gasteiger partial charge in [0.2, 0.25) is 0 Å². The Morgan fingerprint density at radius 1 is 1.23 bits per heavy atom. The summed E-state index contributed by atoms with van der Waals surface area (Å²) < 4.78 is 32.4. The maximum Gasteiger partial charge on any atom is 0.316 e. The van der Waals surface area contributed by atoms with Gasteiger partial charge in [-0.25, -0.2) is 8.78 Å². The van der Waals surface area contributed by atoms with Gasteiger partial charge in [0, 0.05) is 24.0 Å². The molecule has 0 bridgehead atoms. The van der Waals surface area contributed by atoms with Gasteiger partial charge in [-0.1, -0.05) is 6.07 Å². The van der Waals surface area contributed by atoms with Crippen molar-refractivity contribution in [3.63, 3.8) is 0 Å². The monoisotopic (exact) mass is 305 g/mol. The van der Waals surface area contributed by atoms with Gasteiger partial charge in [-0.05, 0) is 44.0 Å². The summed E-state index contributed by atoms with van der Waals surface area (Å²) in [6.07, 6.45) is 3.43. The number of rotatable bonds is 5. The van der Waals surface area contributed by atoms with E-state index < -0.39 is 23.0 Å². The second-order valence-electron chi connectivity index (χ2n) is 5.21. The first-order chi connectivity index (χ1) is 10.5. The molecule has 2 rings (SSSR count). The lowest BCUT2D eigenvalue weighted by Gasteiger charge is -2.28. The van der Waals surface area contributed by atoms with Crippen molar-refractivity contribution in [1.82, 2.24) is 4.98 Å². The Morgan fingerprint density at radius 3 is 2.50 bits per heavy atom. The first-order valence-electron chi connectivity index (χ1n) is 6.99. The number of aromatic nitrogens is 1. The van der Waals surface area contributed by atoms with E-state index >= 15 is 0 Å².